The van der Waals surface area contributed by atoms with Gasteiger partial charge in [-0.1, -0.05) is 10.0 Å². The van der Waals surface area contributed by atoms with E-state index in [2.05, 4.69) is 15.0 Å². The normalized spacial score (nSPS) is 25.2. The molecule has 0 aromatic rings. The van der Waals surface area contributed by atoms with Gasteiger partial charge >= 0.3 is 11.3 Å². The van der Waals surface area contributed by atoms with Gasteiger partial charge in [0.2, 0.25) is 0 Å². The fourth-order valence-electron chi connectivity index (χ4n) is 1.35. The molecule has 0 spiro atoms. The lowest BCUT2D eigenvalue weighted by atomic mass is 10.2. The van der Waals surface area contributed by atoms with E-state index in [1.54, 1.807) is 34.0 Å². The second-order valence-electron chi connectivity index (χ2n) is 5.78. The minimum Gasteiger partial charge on any atom is -0.481 e. The highest BCUT2D eigenvalue weighted by atomic mass is 32.3. The molecule has 124 valence electrons. The number of carbonyl (C=O) groups is 2. The van der Waals surface area contributed by atoms with Crippen LogP contribution in [0.4, 0.5) is 4.79 Å². The molecule has 0 amide bonds. The van der Waals surface area contributed by atoms with E-state index < -0.39 is 26.9 Å². The van der Waals surface area contributed by atoms with E-state index >= 15 is 0 Å². The Bertz CT molecular complexity index is 577. The fraction of sp³-hybridized carbons (Fsp3) is 0.538. The Morgan fingerprint density at radius 2 is 1.95 bits per heavy atom. The first-order valence-electron chi connectivity index (χ1n) is 6.43. The maximum absolute atomic E-state index is 12.1. The number of nitrogens with two attached hydrogens (primary N) is 1. The van der Waals surface area contributed by atoms with Crippen LogP contribution in [0.5, 0.6) is 0 Å². The van der Waals surface area contributed by atoms with E-state index in [1.807, 2.05) is 0 Å². The topological polar surface area (TPSA) is 127 Å². The van der Waals surface area contributed by atoms with Crippen LogP contribution in [0.2, 0.25) is 0 Å². The van der Waals surface area contributed by atoms with Gasteiger partial charge in [-0.25, -0.2) is 9.79 Å². The quantitative estimate of drug-likeness (QED) is 0.748. The van der Waals surface area contributed by atoms with E-state index in [0.29, 0.717) is 5.70 Å². The van der Waals surface area contributed by atoms with Crippen molar-refractivity contribution in [2.75, 3.05) is 6.26 Å². The van der Waals surface area contributed by atoms with E-state index in [9.17, 15) is 9.59 Å². The number of ether oxygens (including phenoxy) is 1. The van der Waals surface area contributed by atoms with Crippen molar-refractivity contribution in [2.45, 2.75) is 39.7 Å². The number of aliphatic carboxylic acids is 1. The third-order valence-electron chi connectivity index (χ3n) is 2.40. The minimum absolute atomic E-state index is 0.146. The van der Waals surface area contributed by atoms with Gasteiger partial charge in [-0.3, -0.25) is 4.79 Å². The van der Waals surface area contributed by atoms with E-state index in [1.165, 1.54) is 5.41 Å². The van der Waals surface area contributed by atoms with Crippen molar-refractivity contribution >= 4 is 32.4 Å². The lowest BCUT2D eigenvalue weighted by Crippen LogP contribution is -2.30. The first kappa shape index (κ1) is 18.0. The molecule has 8 nitrogen and oxygen atoms in total. The molecule has 2 heterocycles. The Morgan fingerprint density at radius 1 is 1.45 bits per heavy atom. The first-order valence-corrected chi connectivity index (χ1v) is 8.54. The standard InChI is InChI=1S/C11H18N2O4S.C2H3NO/c1-11(2,3)17-10(16)18(4)6-7(5-8(14)15)13-9(18)12;1-2-3-4-2/h6H,5H2,1-4H3,(H2,12,13)(H,14,15);1H3. The maximum Gasteiger partial charge on any atom is 0.360 e. The highest BCUT2D eigenvalue weighted by molar-refractivity contribution is 8.57. The van der Waals surface area contributed by atoms with Gasteiger partial charge in [-0.2, -0.15) is 0 Å². The number of nitrogens with zero attached hydrogens (tertiary/aromatic N) is 2. The molecule has 2 aliphatic rings. The molecule has 0 saturated carbocycles. The summed E-state index contributed by atoms with van der Waals surface area (Å²) in [5.41, 5.74) is 5.43. The number of aliphatic imine (C=N–C) groups is 1. The van der Waals surface area contributed by atoms with Crippen molar-refractivity contribution in [3.8, 4) is 0 Å². The summed E-state index contributed by atoms with van der Waals surface area (Å²) >= 11 is 0. The molecule has 0 radical (unpaired) electrons. The summed E-state index contributed by atoms with van der Waals surface area (Å²) in [6.45, 7) is 7.09. The summed E-state index contributed by atoms with van der Waals surface area (Å²) in [7, 11) is -2.15. The third kappa shape index (κ3) is 5.40. The zero-order chi connectivity index (χ0) is 17.1. The average molecular weight is 331 g/mol. The van der Waals surface area contributed by atoms with Gasteiger partial charge < -0.3 is 20.4 Å². The molecular weight excluding hydrogens is 310 g/mol. The average Bonchev–Trinajstić information content (AvgIpc) is 3.02. The molecule has 9 heteroatoms. The van der Waals surface area contributed by atoms with Crippen molar-refractivity contribution in [3.05, 3.63) is 11.1 Å². The molecule has 0 bridgehead atoms. The van der Waals surface area contributed by atoms with Crippen molar-refractivity contribution in [3.63, 3.8) is 0 Å². The molecule has 2 aliphatic heterocycles. The lowest BCUT2D eigenvalue weighted by Gasteiger charge is -2.30. The summed E-state index contributed by atoms with van der Waals surface area (Å²) in [6, 6.07) is 0. The van der Waals surface area contributed by atoms with Crippen molar-refractivity contribution in [2.24, 2.45) is 15.9 Å². The SMILES string of the molecule is CC(C)(C)OC(=O)S1(C)C=C(CC(=O)O)N=C1N.CC1=NO1. The zero-order valence-corrected chi connectivity index (χ0v) is 14.1. The van der Waals surface area contributed by atoms with Crippen LogP contribution in [-0.2, 0) is 14.4 Å². The Kier molecular flexibility index (Phi) is 5.23. The van der Waals surface area contributed by atoms with Crippen LogP contribution in [0, 0.1) is 0 Å². The molecule has 1 atom stereocenters. The largest absolute Gasteiger partial charge is 0.481 e. The predicted molar refractivity (Wildman–Crippen MR) is 85.9 cm³/mol. The van der Waals surface area contributed by atoms with Gasteiger partial charge in [0.25, 0.3) is 5.90 Å². The number of amidine groups is 1. The summed E-state index contributed by atoms with van der Waals surface area (Å²) in [4.78, 5) is 30.9. The lowest BCUT2D eigenvalue weighted by molar-refractivity contribution is -0.136. The van der Waals surface area contributed by atoms with Crippen LogP contribution in [0.15, 0.2) is 21.3 Å². The van der Waals surface area contributed by atoms with E-state index in [-0.39, 0.29) is 11.6 Å². The smallest absolute Gasteiger partial charge is 0.360 e. The molecule has 0 aliphatic carbocycles. The van der Waals surface area contributed by atoms with Gasteiger partial charge in [0, 0.05) is 6.92 Å². The van der Waals surface area contributed by atoms with E-state index in [0.717, 1.165) is 5.90 Å². The maximum atomic E-state index is 12.1. The Labute approximate surface area is 130 Å². The van der Waals surface area contributed by atoms with Gasteiger partial charge in [0.15, 0.2) is 5.17 Å². The van der Waals surface area contributed by atoms with Crippen LogP contribution in [0.1, 0.15) is 34.1 Å². The Balaban J connectivity index is 0.000000519. The summed E-state index contributed by atoms with van der Waals surface area (Å²) in [6.07, 6.45) is 1.40. The van der Waals surface area contributed by atoms with Crippen LogP contribution in [0.25, 0.3) is 0 Å². The van der Waals surface area contributed by atoms with Gasteiger partial charge in [-0.05, 0) is 37.6 Å². The van der Waals surface area contributed by atoms with Crippen molar-refractivity contribution < 1.29 is 24.3 Å². The second kappa shape index (κ2) is 6.39. The molecule has 3 N–H and O–H groups in total. The number of carboxylic acids is 1. The molecule has 0 aromatic heterocycles. The molecule has 22 heavy (non-hydrogen) atoms. The highest BCUT2D eigenvalue weighted by Crippen LogP contribution is 2.53. The number of carbonyl (C=O) groups excluding carboxylic acids is 1. The highest BCUT2D eigenvalue weighted by Gasteiger charge is 2.38. The molecular formula is C13H21N3O5S. The number of oxime groups is 1. The first-order chi connectivity index (χ1) is 9.94. The third-order valence-corrected chi connectivity index (χ3v) is 4.88. The predicted octanol–water partition coefficient (Wildman–Crippen LogP) is 2.35. The number of carboxylic acid groups (broad SMARTS) is 1. The van der Waals surface area contributed by atoms with Crippen molar-refractivity contribution in [1.29, 1.82) is 0 Å². The van der Waals surface area contributed by atoms with Crippen LogP contribution >= 0.6 is 10.0 Å². The summed E-state index contributed by atoms with van der Waals surface area (Å²) in [5, 5.41) is 13.2. The Hall–Kier alpha value is -2.03. The van der Waals surface area contributed by atoms with Gasteiger partial charge in [0.05, 0.1) is 12.1 Å². The number of rotatable bonds is 2. The van der Waals surface area contributed by atoms with E-state index in [4.69, 9.17) is 15.6 Å². The van der Waals surface area contributed by atoms with Gasteiger partial charge in [-0.15, -0.1) is 0 Å². The van der Waals surface area contributed by atoms with Gasteiger partial charge in [0.1, 0.15) is 5.60 Å². The monoisotopic (exact) mass is 331 g/mol. The van der Waals surface area contributed by atoms with Crippen LogP contribution < -0.4 is 5.73 Å². The minimum atomic E-state index is -2.15. The van der Waals surface area contributed by atoms with Crippen molar-refractivity contribution in [1.82, 2.24) is 0 Å². The summed E-state index contributed by atoms with van der Waals surface area (Å²) in [5.74, 6) is -0.217. The molecule has 0 fully saturated rings. The summed E-state index contributed by atoms with van der Waals surface area (Å²) < 4.78 is 5.29. The molecule has 0 aromatic carbocycles. The van der Waals surface area contributed by atoms with Crippen LogP contribution in [0.3, 0.4) is 0 Å². The number of hydrogen-bond donors (Lipinski definition) is 2. The zero-order valence-electron chi connectivity index (χ0n) is 13.2. The van der Waals surface area contributed by atoms with Crippen LogP contribution in [-0.4, -0.2) is 39.3 Å². The molecule has 2 rings (SSSR count). The molecule has 1 unspecified atom stereocenters. The second-order valence-corrected chi connectivity index (χ2v) is 8.73. The fourth-order valence-corrected chi connectivity index (χ4v) is 3.14. The Morgan fingerprint density at radius 3 is 2.32 bits per heavy atom. The molecule has 0 saturated heterocycles. The number of hydrogen-bond acceptors (Lipinski definition) is 7.